The van der Waals surface area contributed by atoms with Crippen LogP contribution in [0, 0.1) is 19.3 Å². The normalized spacial score (nSPS) is 15.1. The molecule has 3 aromatic rings. The molecule has 1 N–H and O–H groups in total. The summed E-state index contributed by atoms with van der Waals surface area (Å²) in [6, 6.07) is 19.5. The molecule has 0 aliphatic carbocycles. The maximum Gasteiger partial charge on any atom is 0.224 e. The van der Waals surface area contributed by atoms with Gasteiger partial charge in [-0.05, 0) is 53.0 Å². The number of nitrogens with one attached hydrogen (secondary N) is 1. The van der Waals surface area contributed by atoms with Crippen molar-refractivity contribution in [3.63, 3.8) is 0 Å². The molecule has 0 saturated carbocycles. The summed E-state index contributed by atoms with van der Waals surface area (Å²) in [5.74, 6) is 1.71. The van der Waals surface area contributed by atoms with E-state index in [1.165, 1.54) is 27.8 Å². The Balaban J connectivity index is 1.81. The van der Waals surface area contributed by atoms with Gasteiger partial charge in [0.2, 0.25) is 5.91 Å². The molecule has 3 heteroatoms. The monoisotopic (exact) mass is 469 g/mol. The van der Waals surface area contributed by atoms with Crippen LogP contribution in [0.25, 0.3) is 0 Å². The molecule has 1 aliphatic heterocycles. The first-order valence-electron chi connectivity index (χ1n) is 12.8. The van der Waals surface area contributed by atoms with Crippen molar-refractivity contribution in [2.24, 2.45) is 5.41 Å². The Morgan fingerprint density at radius 2 is 1.66 bits per heavy atom. The van der Waals surface area contributed by atoms with Crippen LogP contribution in [0.2, 0.25) is 0 Å². The Morgan fingerprint density at radius 3 is 2.26 bits per heavy atom. The maximum atomic E-state index is 13.0. The molecule has 0 fully saturated rings. The zero-order valence-corrected chi connectivity index (χ0v) is 22.3. The third kappa shape index (κ3) is 5.45. The molecule has 1 unspecified atom stereocenters. The molecule has 0 saturated heterocycles. The molecule has 35 heavy (non-hydrogen) atoms. The Labute approximate surface area is 210 Å². The highest BCUT2D eigenvalue weighted by Gasteiger charge is 2.33. The second-order valence-electron chi connectivity index (χ2n) is 11.5. The number of hydrogen-bond donors (Lipinski definition) is 1. The summed E-state index contributed by atoms with van der Waals surface area (Å²) in [4.78, 5) is 13.0. The first kappa shape index (κ1) is 25.0. The fourth-order valence-electron chi connectivity index (χ4n) is 5.15. The fourth-order valence-corrected chi connectivity index (χ4v) is 5.15. The third-order valence-electron chi connectivity index (χ3n) is 7.05. The van der Waals surface area contributed by atoms with Crippen LogP contribution in [0.3, 0.4) is 0 Å². The van der Waals surface area contributed by atoms with Gasteiger partial charge in [0, 0.05) is 35.6 Å². The van der Waals surface area contributed by atoms with Crippen LogP contribution in [0.15, 0.2) is 54.6 Å². The number of benzene rings is 3. The van der Waals surface area contributed by atoms with Crippen LogP contribution in [0.1, 0.15) is 91.8 Å². The number of anilines is 1. The number of carbonyl (C=O) groups excluding carboxylic acids is 1. The van der Waals surface area contributed by atoms with E-state index in [-0.39, 0.29) is 17.2 Å². The molecule has 0 spiro atoms. The Bertz CT molecular complexity index is 1200. The van der Waals surface area contributed by atoms with E-state index in [9.17, 15) is 4.79 Å². The van der Waals surface area contributed by atoms with Crippen LogP contribution < -0.4 is 10.1 Å². The predicted molar refractivity (Wildman–Crippen MR) is 146 cm³/mol. The van der Waals surface area contributed by atoms with Crippen molar-refractivity contribution in [3.05, 3.63) is 93.5 Å². The molecule has 0 radical (unpaired) electrons. The summed E-state index contributed by atoms with van der Waals surface area (Å²) >= 11 is 0. The highest BCUT2D eigenvalue weighted by atomic mass is 16.5. The van der Waals surface area contributed by atoms with Crippen molar-refractivity contribution in [1.82, 2.24) is 0 Å². The van der Waals surface area contributed by atoms with Crippen molar-refractivity contribution >= 4 is 11.6 Å². The highest BCUT2D eigenvalue weighted by Crippen LogP contribution is 2.48. The van der Waals surface area contributed by atoms with Crippen molar-refractivity contribution < 1.29 is 9.53 Å². The molecule has 3 nitrogen and oxygen atoms in total. The number of fused-ring (bicyclic) bond motifs is 1. The minimum Gasteiger partial charge on any atom is -0.492 e. The molecule has 1 atom stereocenters. The van der Waals surface area contributed by atoms with Gasteiger partial charge in [0.25, 0.3) is 0 Å². The number of ether oxygens (including phenoxy) is 1. The Morgan fingerprint density at radius 1 is 1.00 bits per heavy atom. The van der Waals surface area contributed by atoms with Gasteiger partial charge in [0.05, 0.1) is 6.61 Å². The third-order valence-corrected chi connectivity index (χ3v) is 7.05. The van der Waals surface area contributed by atoms with Crippen molar-refractivity contribution in [2.75, 3.05) is 11.9 Å². The smallest absolute Gasteiger partial charge is 0.224 e. The summed E-state index contributed by atoms with van der Waals surface area (Å²) in [5.41, 5.74) is 9.31. The van der Waals surface area contributed by atoms with E-state index in [0.29, 0.717) is 18.9 Å². The van der Waals surface area contributed by atoms with E-state index in [1.807, 2.05) is 6.07 Å². The molecule has 1 heterocycles. The molecule has 4 rings (SSSR count). The molecule has 184 valence electrons. The van der Waals surface area contributed by atoms with E-state index in [2.05, 4.69) is 102 Å². The van der Waals surface area contributed by atoms with E-state index in [0.717, 1.165) is 29.0 Å². The number of hydrogen-bond acceptors (Lipinski definition) is 2. The maximum absolute atomic E-state index is 13.0. The Kier molecular flexibility index (Phi) is 7.07. The van der Waals surface area contributed by atoms with Gasteiger partial charge in [-0.15, -0.1) is 0 Å². The van der Waals surface area contributed by atoms with Gasteiger partial charge in [-0.1, -0.05) is 89.2 Å². The zero-order chi connectivity index (χ0) is 25.3. The Hall–Kier alpha value is -3.07. The van der Waals surface area contributed by atoms with Crippen LogP contribution in [0.5, 0.6) is 5.75 Å². The number of rotatable bonds is 6. The van der Waals surface area contributed by atoms with Crippen molar-refractivity contribution in [1.29, 1.82) is 0 Å². The van der Waals surface area contributed by atoms with E-state index < -0.39 is 0 Å². The molecular weight excluding hydrogens is 430 g/mol. The molecular formula is C32H39NO2. The summed E-state index contributed by atoms with van der Waals surface area (Å²) in [6.07, 6.45) is 1.25. The van der Waals surface area contributed by atoms with Crippen molar-refractivity contribution in [3.8, 4) is 5.75 Å². The molecule has 1 aliphatic rings. The topological polar surface area (TPSA) is 38.3 Å². The minimum atomic E-state index is -0.0701. The van der Waals surface area contributed by atoms with Crippen molar-refractivity contribution in [2.45, 2.75) is 73.1 Å². The molecule has 3 aromatic carbocycles. The highest BCUT2D eigenvalue weighted by molar-refractivity contribution is 5.94. The summed E-state index contributed by atoms with van der Waals surface area (Å²) < 4.78 is 6.44. The van der Waals surface area contributed by atoms with E-state index in [1.54, 1.807) is 0 Å². The van der Waals surface area contributed by atoms with Gasteiger partial charge >= 0.3 is 0 Å². The van der Waals surface area contributed by atoms with Crippen LogP contribution in [-0.2, 0) is 11.2 Å². The summed E-state index contributed by atoms with van der Waals surface area (Å²) in [7, 11) is 0. The molecule has 0 aromatic heterocycles. The van der Waals surface area contributed by atoms with Gasteiger partial charge in [0.1, 0.15) is 5.75 Å². The van der Waals surface area contributed by atoms with Gasteiger partial charge in [0.15, 0.2) is 0 Å². The average Bonchev–Trinajstić information content (AvgIpc) is 3.24. The van der Waals surface area contributed by atoms with E-state index in [4.69, 9.17) is 4.74 Å². The second kappa shape index (κ2) is 9.89. The predicted octanol–water partition coefficient (Wildman–Crippen LogP) is 7.92. The first-order valence-corrected chi connectivity index (χ1v) is 12.8. The zero-order valence-electron chi connectivity index (χ0n) is 22.3. The first-order chi connectivity index (χ1) is 16.5. The second-order valence-corrected chi connectivity index (χ2v) is 11.5. The number of amides is 1. The quantitative estimate of drug-likeness (QED) is 0.398. The standard InChI is InChI=1S/C32H39NO2/c1-20(2)24-13-15-25(16-14-24)27-19-35-31-26(17-23-11-9-8-10-12-23)21(3)30(22(4)29(27)31)33-28(34)18-32(5,6)7/h8-16,20,27H,17-19H2,1-7H3,(H,33,34). The van der Waals surface area contributed by atoms with Gasteiger partial charge < -0.3 is 10.1 Å². The molecule has 0 bridgehead atoms. The lowest BCUT2D eigenvalue weighted by Gasteiger charge is -2.23. The van der Waals surface area contributed by atoms with Crippen LogP contribution in [0.4, 0.5) is 5.69 Å². The fraction of sp³-hybridized carbons (Fsp3) is 0.406. The van der Waals surface area contributed by atoms with E-state index >= 15 is 0 Å². The lowest BCUT2D eigenvalue weighted by molar-refractivity contribution is -0.117. The van der Waals surface area contributed by atoms with Crippen LogP contribution in [-0.4, -0.2) is 12.5 Å². The van der Waals surface area contributed by atoms with Gasteiger partial charge in [-0.3, -0.25) is 4.79 Å². The largest absolute Gasteiger partial charge is 0.492 e. The summed E-state index contributed by atoms with van der Waals surface area (Å²) in [5, 5.41) is 3.29. The SMILES string of the molecule is Cc1c(Cc2ccccc2)c2c(c(C)c1NC(=O)CC(C)(C)C)C(c1ccc(C(C)C)cc1)CO2. The molecule has 1 amide bonds. The average molecular weight is 470 g/mol. The van der Waals surface area contributed by atoms with Gasteiger partial charge in [-0.25, -0.2) is 0 Å². The lowest BCUT2D eigenvalue weighted by Crippen LogP contribution is -2.21. The summed E-state index contributed by atoms with van der Waals surface area (Å²) in [6.45, 7) is 15.6. The van der Waals surface area contributed by atoms with Gasteiger partial charge in [-0.2, -0.15) is 0 Å². The van der Waals surface area contributed by atoms with Crippen LogP contribution >= 0.6 is 0 Å². The minimum absolute atomic E-state index is 0.0612. The lowest BCUT2D eigenvalue weighted by atomic mass is 9.84. The number of carbonyl (C=O) groups is 1.